The summed E-state index contributed by atoms with van der Waals surface area (Å²) in [4.78, 5) is 4.38. The number of hydrogen-bond donors (Lipinski definition) is 1. The summed E-state index contributed by atoms with van der Waals surface area (Å²) in [6.07, 6.45) is 1.10. The second kappa shape index (κ2) is 6.50. The van der Waals surface area contributed by atoms with Crippen molar-refractivity contribution in [3.63, 3.8) is 0 Å². The molecule has 0 spiro atoms. The third kappa shape index (κ3) is 3.41. The molecule has 0 aliphatic rings. The molecule has 2 rings (SSSR count). The van der Waals surface area contributed by atoms with Crippen molar-refractivity contribution in [3.8, 4) is 0 Å². The van der Waals surface area contributed by atoms with E-state index in [1.807, 2.05) is 18.2 Å². The quantitative estimate of drug-likeness (QED) is 0.820. The van der Waals surface area contributed by atoms with E-state index >= 15 is 0 Å². The Morgan fingerprint density at radius 3 is 2.32 bits per heavy atom. The molecule has 2 heterocycles. The van der Waals surface area contributed by atoms with Crippen LogP contribution in [0.2, 0.25) is 0 Å². The molecule has 0 amide bonds. The molecule has 2 aromatic rings. The van der Waals surface area contributed by atoms with Gasteiger partial charge in [-0.1, -0.05) is 6.07 Å². The van der Waals surface area contributed by atoms with Gasteiger partial charge >= 0.3 is 7.60 Å². The first-order valence-electron chi connectivity index (χ1n) is 7.32. The molecule has 1 unspecified atom stereocenters. The lowest BCUT2D eigenvalue weighted by molar-refractivity contribution is 0.0994. The molecule has 0 saturated carbocycles. The summed E-state index contributed by atoms with van der Waals surface area (Å²) in [6.45, 7) is 8.78. The Balaban J connectivity index is 2.51. The zero-order valence-electron chi connectivity index (χ0n) is 13.6. The van der Waals surface area contributed by atoms with Crippen molar-refractivity contribution in [2.45, 2.75) is 52.7 Å². The molecular weight excluding hydrogens is 303 g/mol. The second-order valence-corrected chi connectivity index (χ2v) is 7.72. The van der Waals surface area contributed by atoms with Gasteiger partial charge < -0.3 is 18.6 Å². The fraction of sp³-hybridized carbons (Fsp3) is 0.533. The number of aryl methyl sites for hydroxylation is 1. The first-order chi connectivity index (χ1) is 10.2. The minimum Gasteiger partial charge on any atom is -0.375 e. The van der Waals surface area contributed by atoms with Crippen LogP contribution in [0.3, 0.4) is 0 Å². The molecule has 0 aliphatic heterocycles. The lowest BCUT2D eigenvalue weighted by atomic mass is 10.3. The largest absolute Gasteiger partial charge is 0.375 e. The molecule has 0 saturated heterocycles. The fourth-order valence-electron chi connectivity index (χ4n) is 2.32. The zero-order chi connectivity index (χ0) is 16.5. The van der Waals surface area contributed by atoms with Crippen LogP contribution >= 0.6 is 7.60 Å². The van der Waals surface area contributed by atoms with Gasteiger partial charge in [-0.25, -0.2) is 4.98 Å². The predicted molar refractivity (Wildman–Crippen MR) is 84.9 cm³/mol. The highest BCUT2D eigenvalue weighted by Crippen LogP contribution is 2.61. The topological polar surface area (TPSA) is 73.1 Å². The van der Waals surface area contributed by atoms with Gasteiger partial charge in [0, 0.05) is 6.20 Å². The number of rotatable bonds is 6. The highest BCUT2D eigenvalue weighted by molar-refractivity contribution is 7.54. The number of aliphatic hydroxyl groups excluding tert-OH is 1. The summed E-state index contributed by atoms with van der Waals surface area (Å²) in [5, 5.41) is 10.7. The zero-order valence-corrected chi connectivity index (χ0v) is 14.4. The van der Waals surface area contributed by atoms with E-state index < -0.39 is 13.4 Å². The molecule has 0 radical (unpaired) electrons. The molecule has 0 bridgehead atoms. The molecule has 6 nitrogen and oxygen atoms in total. The van der Waals surface area contributed by atoms with Crippen LogP contribution in [0.4, 0.5) is 0 Å². The Kier molecular flexibility index (Phi) is 5.07. The third-order valence-corrected chi connectivity index (χ3v) is 5.29. The van der Waals surface area contributed by atoms with Gasteiger partial charge in [0.25, 0.3) is 0 Å². The summed E-state index contributed by atoms with van der Waals surface area (Å²) in [5.74, 6) is -1.39. The summed E-state index contributed by atoms with van der Waals surface area (Å²) in [7, 11) is -3.75. The van der Waals surface area contributed by atoms with Crippen molar-refractivity contribution in [1.29, 1.82) is 0 Å². The number of aliphatic hydroxyl groups is 1. The Hall–Kier alpha value is -1.20. The summed E-state index contributed by atoms with van der Waals surface area (Å²) >= 11 is 0. The van der Waals surface area contributed by atoms with E-state index in [1.54, 1.807) is 45.2 Å². The van der Waals surface area contributed by atoms with E-state index in [9.17, 15) is 9.67 Å². The Bertz CT molecular complexity index is 682. The molecule has 7 heteroatoms. The second-order valence-electron chi connectivity index (χ2n) is 5.73. The van der Waals surface area contributed by atoms with Crippen LogP contribution in [-0.4, -0.2) is 26.7 Å². The maximum absolute atomic E-state index is 13.1. The highest BCUT2D eigenvalue weighted by atomic mass is 31.2. The number of hydrogen-bond acceptors (Lipinski definition) is 5. The van der Waals surface area contributed by atoms with Gasteiger partial charge in [-0.3, -0.25) is 4.57 Å². The Morgan fingerprint density at radius 2 is 1.77 bits per heavy atom. The van der Waals surface area contributed by atoms with E-state index in [1.165, 1.54) is 0 Å². The standard InChI is InChI=1S/C15H23N2O4P/c1-10(2)20-22(19,21-11(3)4)15(18)14-12(5)16-13-8-6-7-9-17(13)14/h6-11,15,18H,1-5H3. The van der Waals surface area contributed by atoms with Crippen molar-refractivity contribution in [3.05, 3.63) is 35.8 Å². The third-order valence-electron chi connectivity index (χ3n) is 3.01. The smallest absolute Gasteiger partial charge is 0.365 e. The number of imidazole rings is 1. The summed E-state index contributed by atoms with van der Waals surface area (Å²) < 4.78 is 25.8. The van der Waals surface area contributed by atoms with Crippen molar-refractivity contribution in [2.75, 3.05) is 0 Å². The maximum atomic E-state index is 13.1. The maximum Gasteiger partial charge on any atom is 0.365 e. The number of fused-ring (bicyclic) bond motifs is 1. The SMILES string of the molecule is Cc1nc2ccccn2c1C(O)P(=O)(OC(C)C)OC(C)C. The van der Waals surface area contributed by atoms with Gasteiger partial charge in [-0.15, -0.1) is 0 Å². The van der Waals surface area contributed by atoms with Gasteiger partial charge in [0.1, 0.15) is 5.65 Å². The van der Waals surface area contributed by atoms with Crippen molar-refractivity contribution in [1.82, 2.24) is 9.38 Å². The van der Waals surface area contributed by atoms with Crippen LogP contribution in [0.15, 0.2) is 24.4 Å². The molecule has 0 fully saturated rings. The molecule has 1 atom stereocenters. The van der Waals surface area contributed by atoms with E-state index in [0.717, 1.165) is 0 Å². The van der Waals surface area contributed by atoms with Gasteiger partial charge in [-0.05, 0) is 46.8 Å². The van der Waals surface area contributed by atoms with Crippen LogP contribution in [0.5, 0.6) is 0 Å². The van der Waals surface area contributed by atoms with Crippen LogP contribution in [-0.2, 0) is 13.6 Å². The van der Waals surface area contributed by atoms with E-state index in [-0.39, 0.29) is 12.2 Å². The van der Waals surface area contributed by atoms with Crippen LogP contribution < -0.4 is 0 Å². The van der Waals surface area contributed by atoms with Crippen LogP contribution in [0.1, 0.15) is 44.9 Å². The summed E-state index contributed by atoms with van der Waals surface area (Å²) in [6, 6.07) is 5.50. The summed E-state index contributed by atoms with van der Waals surface area (Å²) in [5.41, 5.74) is 1.70. The average Bonchev–Trinajstić information content (AvgIpc) is 2.71. The molecular formula is C15H23N2O4P. The van der Waals surface area contributed by atoms with E-state index in [2.05, 4.69) is 4.98 Å². The first kappa shape index (κ1) is 17.2. The number of pyridine rings is 1. The van der Waals surface area contributed by atoms with Gasteiger partial charge in [-0.2, -0.15) is 0 Å². The molecule has 0 aliphatic carbocycles. The lowest BCUT2D eigenvalue weighted by Crippen LogP contribution is -2.15. The number of aromatic nitrogens is 2. The van der Waals surface area contributed by atoms with Crippen molar-refractivity contribution < 1.29 is 18.7 Å². The van der Waals surface area contributed by atoms with Crippen molar-refractivity contribution in [2.24, 2.45) is 0 Å². The van der Waals surface area contributed by atoms with Crippen LogP contribution in [0, 0.1) is 6.92 Å². The highest BCUT2D eigenvalue weighted by Gasteiger charge is 2.40. The van der Waals surface area contributed by atoms with Crippen LogP contribution in [0.25, 0.3) is 5.65 Å². The van der Waals surface area contributed by atoms with Gasteiger partial charge in [0.05, 0.1) is 23.6 Å². The van der Waals surface area contributed by atoms with E-state index in [4.69, 9.17) is 9.05 Å². The Morgan fingerprint density at radius 1 is 1.18 bits per heavy atom. The fourth-order valence-corrected chi connectivity index (χ4v) is 4.39. The van der Waals surface area contributed by atoms with Crippen molar-refractivity contribution >= 4 is 13.2 Å². The normalized spacial score (nSPS) is 14.2. The monoisotopic (exact) mass is 326 g/mol. The van der Waals surface area contributed by atoms with Gasteiger partial charge in [0.15, 0.2) is 5.85 Å². The Labute approximate surface area is 130 Å². The number of nitrogens with zero attached hydrogens (tertiary/aromatic N) is 2. The average molecular weight is 326 g/mol. The minimum atomic E-state index is -3.75. The molecule has 122 valence electrons. The first-order valence-corrected chi connectivity index (χ1v) is 8.94. The molecule has 22 heavy (non-hydrogen) atoms. The lowest BCUT2D eigenvalue weighted by Gasteiger charge is -2.26. The molecule has 1 N–H and O–H groups in total. The minimum absolute atomic E-state index is 0.335. The van der Waals surface area contributed by atoms with Gasteiger partial charge in [0.2, 0.25) is 0 Å². The molecule has 2 aromatic heterocycles. The van der Waals surface area contributed by atoms with E-state index in [0.29, 0.717) is 17.0 Å². The molecule has 0 aromatic carbocycles. The predicted octanol–water partition coefficient (Wildman–Crippen LogP) is 3.68.